The van der Waals surface area contributed by atoms with Crippen LogP contribution in [0.4, 0.5) is 0 Å². The zero-order valence-corrected chi connectivity index (χ0v) is 7.25. The second-order valence-corrected chi connectivity index (χ2v) is 3.01. The van der Waals surface area contributed by atoms with E-state index in [4.69, 9.17) is 5.11 Å². The van der Waals surface area contributed by atoms with Gasteiger partial charge in [-0.15, -0.1) is 4.91 Å². The number of hydrogen-bond donors (Lipinski definition) is 1. The molecule has 0 unspecified atom stereocenters. The maximum absolute atomic E-state index is 10.7. The fourth-order valence-electron chi connectivity index (χ4n) is 1.49. The number of fused-ring (bicyclic) bond motifs is 1. The maximum Gasteiger partial charge on any atom is 0.356 e. The summed E-state index contributed by atoms with van der Waals surface area (Å²) >= 11 is 0. The van der Waals surface area contributed by atoms with Gasteiger partial charge in [0.1, 0.15) is 0 Å². The summed E-state index contributed by atoms with van der Waals surface area (Å²) in [7, 11) is 0. The molecule has 74 valence electrons. The van der Waals surface area contributed by atoms with Gasteiger partial charge in [-0.1, -0.05) is 0 Å². The van der Waals surface area contributed by atoms with Crippen LogP contribution in [0, 0.1) is 4.91 Å². The topological polar surface area (TPSA) is 87.8 Å². The summed E-state index contributed by atoms with van der Waals surface area (Å²) in [5, 5.41) is 12.8. The molecule has 2 rings (SSSR count). The molecule has 7 heteroatoms. The Morgan fingerprint density at radius 3 is 3.00 bits per heavy atom. The zero-order valence-electron chi connectivity index (χ0n) is 7.25. The van der Waals surface area contributed by atoms with E-state index in [9.17, 15) is 9.70 Å². The molecule has 1 aromatic rings. The molecule has 0 bridgehead atoms. The highest BCUT2D eigenvalue weighted by Gasteiger charge is 2.23. The highest BCUT2D eigenvalue weighted by atomic mass is 16.4. The van der Waals surface area contributed by atoms with Gasteiger partial charge in [-0.25, -0.2) is 9.78 Å². The summed E-state index contributed by atoms with van der Waals surface area (Å²) in [6, 6.07) is 0. The first-order chi connectivity index (χ1) is 6.72. The Hall–Kier alpha value is -1.92. The lowest BCUT2D eigenvalue weighted by molar-refractivity contribution is 0.0687. The monoisotopic (exact) mass is 196 g/mol. The summed E-state index contributed by atoms with van der Waals surface area (Å²) in [4.78, 5) is 24.8. The van der Waals surface area contributed by atoms with Crippen LogP contribution in [0.2, 0.25) is 0 Å². The molecule has 0 spiro atoms. The van der Waals surface area contributed by atoms with E-state index in [1.807, 2.05) is 0 Å². The van der Waals surface area contributed by atoms with Crippen molar-refractivity contribution >= 4 is 5.97 Å². The normalized spacial score (nSPS) is 15.0. The summed E-state index contributed by atoms with van der Waals surface area (Å²) in [6.45, 7) is 1.25. The minimum absolute atomic E-state index is 0.00153. The van der Waals surface area contributed by atoms with E-state index in [0.29, 0.717) is 18.8 Å². The summed E-state index contributed by atoms with van der Waals surface area (Å²) in [5.74, 6) is -1.08. The molecule has 1 aliphatic rings. The van der Waals surface area contributed by atoms with Crippen LogP contribution >= 0.6 is 0 Å². The lowest BCUT2D eigenvalue weighted by Gasteiger charge is -2.22. The van der Waals surface area contributed by atoms with Crippen LogP contribution in [0.1, 0.15) is 16.2 Å². The van der Waals surface area contributed by atoms with E-state index >= 15 is 0 Å². The Kier molecular flexibility index (Phi) is 1.91. The number of rotatable bonds is 2. The van der Waals surface area contributed by atoms with Crippen LogP contribution in [-0.4, -0.2) is 32.2 Å². The number of nitrogens with zero attached hydrogens (tertiary/aromatic N) is 4. The Bertz CT molecular complexity index is 386. The minimum atomic E-state index is -1.08. The van der Waals surface area contributed by atoms with Gasteiger partial charge in [0.05, 0.1) is 30.4 Å². The van der Waals surface area contributed by atoms with E-state index < -0.39 is 5.97 Å². The van der Waals surface area contributed by atoms with Crippen molar-refractivity contribution in [2.24, 2.45) is 5.29 Å². The smallest absolute Gasteiger partial charge is 0.356 e. The van der Waals surface area contributed by atoms with Crippen molar-refractivity contribution in [2.45, 2.75) is 13.1 Å². The van der Waals surface area contributed by atoms with Crippen molar-refractivity contribution in [3.05, 3.63) is 22.6 Å². The number of nitroso groups, excluding NO2 is 1. The molecule has 0 saturated carbocycles. The van der Waals surface area contributed by atoms with Gasteiger partial charge >= 0.3 is 5.97 Å². The molecule has 0 fully saturated rings. The molecule has 1 N–H and O–H groups in total. The van der Waals surface area contributed by atoms with Crippen molar-refractivity contribution in [1.82, 2.24) is 14.6 Å². The van der Waals surface area contributed by atoms with Gasteiger partial charge in [0, 0.05) is 6.54 Å². The number of carboxylic acids is 1. The lowest BCUT2D eigenvalue weighted by Crippen LogP contribution is -2.29. The quantitative estimate of drug-likeness (QED) is 0.676. The summed E-state index contributed by atoms with van der Waals surface area (Å²) in [6.07, 6.45) is 1.47. The Labute approximate surface area is 78.9 Å². The molecule has 0 aromatic carbocycles. The van der Waals surface area contributed by atoms with E-state index in [0.717, 1.165) is 0 Å². The first-order valence-corrected chi connectivity index (χ1v) is 4.08. The third kappa shape index (κ3) is 1.22. The second kappa shape index (κ2) is 3.09. The van der Waals surface area contributed by atoms with Crippen molar-refractivity contribution in [1.29, 1.82) is 0 Å². The lowest BCUT2D eigenvalue weighted by atomic mass is 10.2. The van der Waals surface area contributed by atoms with Crippen LogP contribution in [0.3, 0.4) is 0 Å². The molecule has 0 atom stereocenters. The van der Waals surface area contributed by atoms with Crippen molar-refractivity contribution < 1.29 is 9.90 Å². The van der Waals surface area contributed by atoms with Gasteiger partial charge in [0.2, 0.25) is 0 Å². The van der Waals surface area contributed by atoms with Crippen LogP contribution < -0.4 is 0 Å². The average Bonchev–Trinajstić information content (AvgIpc) is 2.59. The van der Waals surface area contributed by atoms with Crippen LogP contribution in [0.25, 0.3) is 0 Å². The van der Waals surface area contributed by atoms with Crippen molar-refractivity contribution in [3.8, 4) is 0 Å². The zero-order chi connectivity index (χ0) is 10.1. The summed E-state index contributed by atoms with van der Waals surface area (Å²) < 4.78 is 1.73. The fraction of sp³-hybridized carbons (Fsp3) is 0.429. The van der Waals surface area contributed by atoms with Gasteiger partial charge in [-0.3, -0.25) is 5.01 Å². The molecule has 0 radical (unpaired) electrons. The maximum atomic E-state index is 10.7. The van der Waals surface area contributed by atoms with Gasteiger partial charge in [-0.2, -0.15) is 0 Å². The van der Waals surface area contributed by atoms with E-state index in [-0.39, 0.29) is 12.2 Å². The third-order valence-corrected chi connectivity index (χ3v) is 2.20. The van der Waals surface area contributed by atoms with Gasteiger partial charge in [0.15, 0.2) is 5.69 Å². The molecule has 0 saturated heterocycles. The van der Waals surface area contributed by atoms with Crippen LogP contribution in [0.5, 0.6) is 0 Å². The average molecular weight is 196 g/mol. The largest absolute Gasteiger partial charge is 0.476 e. The number of aromatic nitrogens is 2. The Morgan fingerprint density at radius 1 is 1.57 bits per heavy atom. The van der Waals surface area contributed by atoms with E-state index in [1.54, 1.807) is 4.57 Å². The van der Waals surface area contributed by atoms with Crippen LogP contribution in [-0.2, 0) is 13.1 Å². The molecule has 7 nitrogen and oxygen atoms in total. The van der Waals surface area contributed by atoms with E-state index in [2.05, 4.69) is 10.3 Å². The Morgan fingerprint density at radius 2 is 2.36 bits per heavy atom. The number of carboxylic acid groups (broad SMARTS) is 1. The number of imidazole rings is 1. The highest BCUT2D eigenvalue weighted by molar-refractivity contribution is 5.86. The van der Waals surface area contributed by atoms with Crippen molar-refractivity contribution in [3.63, 3.8) is 0 Å². The molecule has 14 heavy (non-hydrogen) atoms. The van der Waals surface area contributed by atoms with Gasteiger partial charge < -0.3 is 9.67 Å². The SMILES string of the molecule is O=NN1CCn2cnc(C(=O)O)c2C1. The predicted molar refractivity (Wildman–Crippen MR) is 45.4 cm³/mol. The minimum Gasteiger partial charge on any atom is -0.476 e. The highest BCUT2D eigenvalue weighted by Crippen LogP contribution is 2.15. The number of carbonyl (C=O) groups is 1. The number of aromatic carboxylic acids is 1. The van der Waals surface area contributed by atoms with Crippen LogP contribution in [0.15, 0.2) is 11.6 Å². The molecule has 1 aromatic heterocycles. The second-order valence-electron chi connectivity index (χ2n) is 3.01. The first-order valence-electron chi connectivity index (χ1n) is 4.08. The molecular formula is C7H8N4O3. The van der Waals surface area contributed by atoms with Gasteiger partial charge in [-0.05, 0) is 0 Å². The van der Waals surface area contributed by atoms with E-state index in [1.165, 1.54) is 11.3 Å². The standard InChI is InChI=1S/C7H8N4O3/c12-7(13)6-5-3-11(9-14)2-1-10(5)4-8-6/h4H,1-3H2,(H,12,13). The third-order valence-electron chi connectivity index (χ3n) is 2.20. The fourth-order valence-corrected chi connectivity index (χ4v) is 1.49. The number of hydrogen-bond acceptors (Lipinski definition) is 4. The molecule has 0 aliphatic carbocycles. The Balaban J connectivity index is 2.37. The summed E-state index contributed by atoms with van der Waals surface area (Å²) in [5.41, 5.74) is 0.529. The molecular weight excluding hydrogens is 188 g/mol. The first kappa shape index (κ1) is 8.67. The van der Waals surface area contributed by atoms with Gasteiger partial charge in [0.25, 0.3) is 0 Å². The molecule has 0 amide bonds. The molecule has 2 heterocycles. The molecule has 1 aliphatic heterocycles. The van der Waals surface area contributed by atoms with Crippen molar-refractivity contribution in [2.75, 3.05) is 6.54 Å². The predicted octanol–water partition coefficient (Wildman–Crippen LogP) is 0.0783.